The second-order valence-electron chi connectivity index (χ2n) is 4.31. The van der Waals surface area contributed by atoms with Crippen molar-refractivity contribution in [2.45, 2.75) is 6.42 Å². The molecule has 0 spiro atoms. The van der Waals surface area contributed by atoms with E-state index in [1.165, 1.54) is 16.2 Å². The molecule has 1 amide bonds. The molecule has 0 radical (unpaired) electrons. The first-order valence-electron chi connectivity index (χ1n) is 5.89. The second kappa shape index (κ2) is 5.83. The Morgan fingerprint density at radius 1 is 1.50 bits per heavy atom. The number of carboxylic acid groups (broad SMARTS) is 1. The number of aromatic nitrogens is 3. The molecule has 0 unspecified atom stereocenters. The van der Waals surface area contributed by atoms with Crippen molar-refractivity contribution in [3.63, 3.8) is 0 Å². The molecule has 0 saturated heterocycles. The summed E-state index contributed by atoms with van der Waals surface area (Å²) in [5.41, 5.74) is 1.17. The van der Waals surface area contributed by atoms with Gasteiger partial charge in [-0.25, -0.2) is 4.98 Å². The maximum Gasteiger partial charge on any atom is 0.305 e. The molecular weight excluding hydrogens is 280 g/mol. The Bertz CT molecular complexity index is 634. The first-order valence-corrected chi connectivity index (χ1v) is 6.77. The fourth-order valence-electron chi connectivity index (χ4n) is 1.60. The summed E-state index contributed by atoms with van der Waals surface area (Å²) in [6, 6.07) is 0. The van der Waals surface area contributed by atoms with Crippen LogP contribution in [0, 0.1) is 0 Å². The van der Waals surface area contributed by atoms with E-state index in [9.17, 15) is 9.59 Å². The summed E-state index contributed by atoms with van der Waals surface area (Å²) in [6.07, 6.45) is 3.42. The fourth-order valence-corrected chi connectivity index (χ4v) is 2.37. The van der Waals surface area contributed by atoms with Gasteiger partial charge in [-0.3, -0.25) is 14.3 Å². The number of aliphatic carboxylic acids is 1. The van der Waals surface area contributed by atoms with Crippen LogP contribution in [0.4, 0.5) is 0 Å². The molecule has 8 heteroatoms. The highest BCUT2D eigenvalue weighted by Crippen LogP contribution is 2.23. The number of carbonyl (C=O) groups excluding carboxylic acids is 1. The number of carbonyl (C=O) groups is 2. The van der Waals surface area contributed by atoms with Crippen molar-refractivity contribution < 1.29 is 14.7 Å². The predicted molar refractivity (Wildman–Crippen MR) is 73.5 cm³/mol. The summed E-state index contributed by atoms with van der Waals surface area (Å²) >= 11 is 1.36. The van der Waals surface area contributed by atoms with Gasteiger partial charge in [-0.15, -0.1) is 11.3 Å². The molecule has 7 nitrogen and oxygen atoms in total. The van der Waals surface area contributed by atoms with E-state index < -0.39 is 5.97 Å². The molecule has 0 aliphatic rings. The molecule has 2 aromatic rings. The number of thiazole rings is 1. The number of hydrogen-bond donors (Lipinski definition) is 1. The van der Waals surface area contributed by atoms with Crippen LogP contribution >= 0.6 is 11.3 Å². The van der Waals surface area contributed by atoms with Gasteiger partial charge in [0, 0.05) is 37.8 Å². The van der Waals surface area contributed by atoms with Gasteiger partial charge in [0.1, 0.15) is 10.7 Å². The molecule has 0 bridgehead atoms. The largest absolute Gasteiger partial charge is 0.481 e. The highest BCUT2D eigenvalue weighted by molar-refractivity contribution is 7.13. The minimum Gasteiger partial charge on any atom is -0.481 e. The zero-order chi connectivity index (χ0) is 14.7. The van der Waals surface area contributed by atoms with E-state index in [1.807, 2.05) is 13.2 Å². The number of aryl methyl sites for hydroxylation is 1. The Morgan fingerprint density at radius 2 is 2.25 bits per heavy atom. The van der Waals surface area contributed by atoms with Crippen LogP contribution in [0.2, 0.25) is 0 Å². The van der Waals surface area contributed by atoms with Crippen molar-refractivity contribution in [1.29, 1.82) is 0 Å². The average molecular weight is 294 g/mol. The number of carboxylic acids is 1. The Labute approximate surface area is 119 Å². The lowest BCUT2D eigenvalue weighted by Gasteiger charge is -2.13. The van der Waals surface area contributed by atoms with Crippen LogP contribution < -0.4 is 0 Å². The van der Waals surface area contributed by atoms with E-state index in [0.717, 1.165) is 5.56 Å². The van der Waals surface area contributed by atoms with Crippen molar-refractivity contribution in [1.82, 2.24) is 19.7 Å². The summed E-state index contributed by atoms with van der Waals surface area (Å²) in [7, 11) is 3.37. The Kier molecular flexibility index (Phi) is 4.14. The van der Waals surface area contributed by atoms with Gasteiger partial charge >= 0.3 is 5.97 Å². The molecule has 0 aromatic carbocycles. The molecule has 0 aliphatic heterocycles. The summed E-state index contributed by atoms with van der Waals surface area (Å²) in [4.78, 5) is 28.2. The van der Waals surface area contributed by atoms with Gasteiger partial charge in [-0.2, -0.15) is 5.10 Å². The molecule has 1 N–H and O–H groups in total. The molecular formula is C12H14N4O3S. The van der Waals surface area contributed by atoms with Crippen LogP contribution in [0.5, 0.6) is 0 Å². The standard InChI is InChI=1S/C12H14N4O3S/c1-15(4-3-10(17)18)12(19)9-7-20-11(14-9)8-5-13-16(2)6-8/h5-7H,3-4H2,1-2H3,(H,17,18). The number of hydrogen-bond acceptors (Lipinski definition) is 5. The first kappa shape index (κ1) is 14.2. The lowest BCUT2D eigenvalue weighted by molar-refractivity contribution is -0.137. The van der Waals surface area contributed by atoms with Crippen LogP contribution in [0.1, 0.15) is 16.9 Å². The molecule has 0 aliphatic carbocycles. The average Bonchev–Trinajstić information content (AvgIpc) is 3.03. The molecule has 20 heavy (non-hydrogen) atoms. The third-order valence-electron chi connectivity index (χ3n) is 2.68. The summed E-state index contributed by atoms with van der Waals surface area (Å²) in [5.74, 6) is -1.21. The van der Waals surface area contributed by atoms with Gasteiger partial charge in [0.2, 0.25) is 0 Å². The summed E-state index contributed by atoms with van der Waals surface area (Å²) < 4.78 is 1.66. The van der Waals surface area contributed by atoms with Crippen molar-refractivity contribution in [3.05, 3.63) is 23.5 Å². The van der Waals surface area contributed by atoms with Gasteiger partial charge < -0.3 is 10.0 Å². The zero-order valence-corrected chi connectivity index (χ0v) is 11.9. The van der Waals surface area contributed by atoms with E-state index in [2.05, 4.69) is 10.1 Å². The maximum absolute atomic E-state index is 12.1. The quantitative estimate of drug-likeness (QED) is 0.891. The van der Waals surface area contributed by atoms with E-state index >= 15 is 0 Å². The van der Waals surface area contributed by atoms with Crippen LogP contribution in [0.15, 0.2) is 17.8 Å². The third-order valence-corrected chi connectivity index (χ3v) is 3.57. The van der Waals surface area contributed by atoms with E-state index in [4.69, 9.17) is 5.11 Å². The van der Waals surface area contributed by atoms with Gasteiger partial charge in [0.05, 0.1) is 12.6 Å². The first-order chi connectivity index (χ1) is 9.47. The van der Waals surface area contributed by atoms with E-state index in [1.54, 1.807) is 23.3 Å². The molecule has 2 heterocycles. The fraction of sp³-hybridized carbons (Fsp3) is 0.333. The minimum absolute atomic E-state index is 0.0815. The van der Waals surface area contributed by atoms with Gasteiger partial charge in [-0.1, -0.05) is 0 Å². The maximum atomic E-state index is 12.1. The van der Waals surface area contributed by atoms with Crippen LogP contribution in [-0.2, 0) is 11.8 Å². The number of rotatable bonds is 5. The summed E-state index contributed by atoms with van der Waals surface area (Å²) in [5, 5.41) is 15.0. The molecule has 106 valence electrons. The predicted octanol–water partition coefficient (Wildman–Crippen LogP) is 1.09. The highest BCUT2D eigenvalue weighted by atomic mass is 32.1. The van der Waals surface area contributed by atoms with Crippen LogP contribution in [0.3, 0.4) is 0 Å². The molecule has 2 aromatic heterocycles. The Balaban J connectivity index is 2.08. The van der Waals surface area contributed by atoms with Gasteiger partial charge in [0.15, 0.2) is 0 Å². The molecule has 0 atom stereocenters. The van der Waals surface area contributed by atoms with Gasteiger partial charge in [0.25, 0.3) is 5.91 Å². The van der Waals surface area contributed by atoms with E-state index in [-0.39, 0.29) is 18.9 Å². The monoisotopic (exact) mass is 294 g/mol. The summed E-state index contributed by atoms with van der Waals surface area (Å²) in [6.45, 7) is 0.161. The molecule has 0 saturated carbocycles. The third kappa shape index (κ3) is 3.21. The lowest BCUT2D eigenvalue weighted by atomic mass is 10.3. The second-order valence-corrected chi connectivity index (χ2v) is 5.17. The SMILES string of the molecule is CN(CCC(=O)O)C(=O)c1csc(-c2cnn(C)c2)n1. The molecule has 2 rings (SSSR count). The van der Waals surface area contributed by atoms with Crippen molar-refractivity contribution in [3.8, 4) is 10.6 Å². The normalized spacial score (nSPS) is 10.5. The zero-order valence-electron chi connectivity index (χ0n) is 11.1. The minimum atomic E-state index is -0.932. The smallest absolute Gasteiger partial charge is 0.305 e. The van der Waals surface area contributed by atoms with Crippen molar-refractivity contribution in [2.24, 2.45) is 7.05 Å². The highest BCUT2D eigenvalue weighted by Gasteiger charge is 2.17. The topological polar surface area (TPSA) is 88.3 Å². The Morgan fingerprint density at radius 3 is 2.85 bits per heavy atom. The number of nitrogens with zero attached hydrogens (tertiary/aromatic N) is 4. The van der Waals surface area contributed by atoms with Crippen molar-refractivity contribution in [2.75, 3.05) is 13.6 Å². The van der Waals surface area contributed by atoms with Crippen LogP contribution in [-0.4, -0.2) is 50.2 Å². The number of amides is 1. The van der Waals surface area contributed by atoms with Crippen molar-refractivity contribution >= 4 is 23.2 Å². The van der Waals surface area contributed by atoms with Gasteiger partial charge in [-0.05, 0) is 0 Å². The lowest BCUT2D eigenvalue weighted by Crippen LogP contribution is -2.29. The molecule has 0 fully saturated rings. The Hall–Kier alpha value is -2.22. The van der Waals surface area contributed by atoms with Crippen LogP contribution in [0.25, 0.3) is 10.6 Å². The van der Waals surface area contributed by atoms with E-state index in [0.29, 0.717) is 10.7 Å².